The number of hydrogen-bond donors (Lipinski definition) is 1. The minimum absolute atomic E-state index is 0.0268. The number of nitriles is 1. The van der Waals surface area contributed by atoms with Gasteiger partial charge in [-0.2, -0.15) is 5.26 Å². The molecule has 2 aromatic carbocycles. The van der Waals surface area contributed by atoms with Gasteiger partial charge in [0.05, 0.1) is 12.0 Å². The molecule has 0 spiro atoms. The molecule has 2 heterocycles. The standard InChI is InChI=1S/C31H40FN5O3/c1-22-20-35(15-16-37(22)30(39)40-31(2,3)4)21-24-7-5-23(6-8-24)17-29(38)36-13-11-26(12-14-36)34-27-9-10-28(32)25(18-27)19-33/h5-10,18,22,26,34H,11-17,20-21H2,1-4H3/t22-/m0/s1. The number of halogens is 1. The predicted octanol–water partition coefficient (Wildman–Crippen LogP) is 4.78. The smallest absolute Gasteiger partial charge is 0.410 e. The maximum atomic E-state index is 13.6. The number of carbonyl (C=O) groups excluding carboxylic acids is 2. The van der Waals surface area contributed by atoms with E-state index in [9.17, 15) is 14.0 Å². The zero-order valence-electron chi connectivity index (χ0n) is 24.0. The van der Waals surface area contributed by atoms with Gasteiger partial charge in [0.1, 0.15) is 17.5 Å². The van der Waals surface area contributed by atoms with Crippen molar-refractivity contribution in [3.05, 3.63) is 65.0 Å². The topological polar surface area (TPSA) is 88.9 Å². The van der Waals surface area contributed by atoms with E-state index in [1.807, 2.05) is 48.8 Å². The average Bonchev–Trinajstić information content (AvgIpc) is 2.90. The van der Waals surface area contributed by atoms with Crippen molar-refractivity contribution in [1.29, 1.82) is 5.26 Å². The lowest BCUT2D eigenvalue weighted by molar-refractivity contribution is -0.131. The van der Waals surface area contributed by atoms with Crippen molar-refractivity contribution in [2.45, 2.75) is 71.2 Å². The van der Waals surface area contributed by atoms with Gasteiger partial charge in [-0.15, -0.1) is 0 Å². The Morgan fingerprint density at radius 2 is 1.73 bits per heavy atom. The molecule has 4 rings (SSSR count). The quantitative estimate of drug-likeness (QED) is 0.558. The summed E-state index contributed by atoms with van der Waals surface area (Å²) in [4.78, 5) is 31.5. The Morgan fingerprint density at radius 3 is 2.35 bits per heavy atom. The third kappa shape index (κ3) is 7.95. The lowest BCUT2D eigenvalue weighted by Crippen LogP contribution is -2.54. The first-order valence-electron chi connectivity index (χ1n) is 14.0. The molecule has 1 N–H and O–H groups in total. The van der Waals surface area contributed by atoms with E-state index in [0.29, 0.717) is 26.1 Å². The van der Waals surface area contributed by atoms with Gasteiger partial charge < -0.3 is 19.9 Å². The highest BCUT2D eigenvalue weighted by Gasteiger charge is 2.31. The number of benzene rings is 2. The van der Waals surface area contributed by atoms with Crippen LogP contribution >= 0.6 is 0 Å². The molecular weight excluding hydrogens is 509 g/mol. The Hall–Kier alpha value is -3.64. The van der Waals surface area contributed by atoms with Crippen LogP contribution in [0.4, 0.5) is 14.9 Å². The van der Waals surface area contributed by atoms with Crippen molar-refractivity contribution in [1.82, 2.24) is 14.7 Å². The summed E-state index contributed by atoms with van der Waals surface area (Å²) in [6.45, 7) is 12.0. The molecule has 0 aliphatic carbocycles. The molecule has 9 heteroatoms. The molecule has 0 radical (unpaired) electrons. The first kappa shape index (κ1) is 29.3. The molecule has 2 amide bonds. The highest BCUT2D eigenvalue weighted by atomic mass is 19.1. The Kier molecular flexibility index (Phi) is 9.31. The van der Waals surface area contributed by atoms with Crippen LogP contribution in [0, 0.1) is 17.1 Å². The Labute approximate surface area is 236 Å². The number of rotatable bonds is 6. The molecule has 40 heavy (non-hydrogen) atoms. The molecule has 2 fully saturated rings. The number of piperidine rings is 1. The lowest BCUT2D eigenvalue weighted by Gasteiger charge is -2.40. The summed E-state index contributed by atoms with van der Waals surface area (Å²) in [5.41, 5.74) is 2.43. The number of nitrogens with zero attached hydrogens (tertiary/aromatic N) is 4. The normalized spacial score (nSPS) is 18.8. The Balaban J connectivity index is 1.21. The van der Waals surface area contributed by atoms with Gasteiger partial charge >= 0.3 is 6.09 Å². The number of carbonyl (C=O) groups is 2. The van der Waals surface area contributed by atoms with Crippen molar-refractivity contribution in [2.24, 2.45) is 0 Å². The molecule has 8 nitrogen and oxygen atoms in total. The number of piperazine rings is 1. The SMILES string of the molecule is C[C@H]1CN(Cc2ccc(CC(=O)N3CCC(Nc4ccc(F)c(C#N)c4)CC3)cc2)CCN1C(=O)OC(C)(C)C. The van der Waals surface area contributed by atoms with Crippen LogP contribution in [-0.4, -0.2) is 77.1 Å². The molecule has 2 aromatic rings. The first-order chi connectivity index (χ1) is 19.0. The van der Waals surface area contributed by atoms with E-state index < -0.39 is 11.4 Å². The summed E-state index contributed by atoms with van der Waals surface area (Å²) in [5.74, 6) is -0.402. The maximum absolute atomic E-state index is 13.6. The van der Waals surface area contributed by atoms with Crippen molar-refractivity contribution in [2.75, 3.05) is 38.0 Å². The number of likely N-dealkylation sites (tertiary alicyclic amines) is 1. The van der Waals surface area contributed by atoms with E-state index in [0.717, 1.165) is 43.7 Å². The number of hydrogen-bond acceptors (Lipinski definition) is 6. The first-order valence-corrected chi connectivity index (χ1v) is 14.0. The van der Waals surface area contributed by atoms with Crippen molar-refractivity contribution in [3.8, 4) is 6.07 Å². The summed E-state index contributed by atoms with van der Waals surface area (Å²) < 4.78 is 19.1. The predicted molar refractivity (Wildman–Crippen MR) is 152 cm³/mol. The van der Waals surface area contributed by atoms with Gasteiger partial charge in [0.2, 0.25) is 5.91 Å². The maximum Gasteiger partial charge on any atom is 0.410 e. The van der Waals surface area contributed by atoms with E-state index in [4.69, 9.17) is 10.00 Å². The third-order valence-electron chi connectivity index (χ3n) is 7.43. The molecular formula is C31H40FN5O3. The Morgan fingerprint density at radius 1 is 1.05 bits per heavy atom. The van der Waals surface area contributed by atoms with Crippen LogP contribution in [-0.2, 0) is 22.5 Å². The van der Waals surface area contributed by atoms with Crippen LogP contribution in [0.25, 0.3) is 0 Å². The molecule has 2 saturated heterocycles. The van der Waals surface area contributed by atoms with E-state index in [-0.39, 0.29) is 29.6 Å². The van der Waals surface area contributed by atoms with Gasteiger partial charge in [0.25, 0.3) is 0 Å². The number of ether oxygens (including phenoxy) is 1. The van der Waals surface area contributed by atoms with Gasteiger partial charge in [-0.1, -0.05) is 24.3 Å². The highest BCUT2D eigenvalue weighted by Crippen LogP contribution is 2.21. The van der Waals surface area contributed by atoms with Crippen molar-refractivity contribution < 1.29 is 18.7 Å². The van der Waals surface area contributed by atoms with Gasteiger partial charge in [-0.25, -0.2) is 9.18 Å². The average molecular weight is 550 g/mol. The minimum atomic E-state index is -0.519. The minimum Gasteiger partial charge on any atom is -0.444 e. The zero-order chi connectivity index (χ0) is 28.9. The largest absolute Gasteiger partial charge is 0.444 e. The number of nitrogens with one attached hydrogen (secondary N) is 1. The van der Waals surface area contributed by atoms with Gasteiger partial charge in [-0.3, -0.25) is 9.69 Å². The second-order valence-electron chi connectivity index (χ2n) is 11.9. The van der Waals surface area contributed by atoms with Gasteiger partial charge in [0.15, 0.2) is 0 Å². The Bertz CT molecular complexity index is 1230. The van der Waals surface area contributed by atoms with Crippen LogP contribution in [0.3, 0.4) is 0 Å². The van der Waals surface area contributed by atoms with Crippen molar-refractivity contribution >= 4 is 17.7 Å². The van der Waals surface area contributed by atoms with E-state index >= 15 is 0 Å². The van der Waals surface area contributed by atoms with E-state index in [1.165, 1.54) is 17.7 Å². The summed E-state index contributed by atoms with van der Waals surface area (Å²) in [6, 6.07) is 14.8. The number of amides is 2. The van der Waals surface area contributed by atoms with Crippen LogP contribution in [0.1, 0.15) is 57.2 Å². The molecule has 0 aromatic heterocycles. The summed E-state index contributed by atoms with van der Waals surface area (Å²) in [6.07, 6.45) is 1.71. The van der Waals surface area contributed by atoms with Gasteiger partial charge in [-0.05, 0) is 69.9 Å². The number of anilines is 1. The van der Waals surface area contributed by atoms with Crippen LogP contribution in [0.2, 0.25) is 0 Å². The highest BCUT2D eigenvalue weighted by molar-refractivity contribution is 5.79. The van der Waals surface area contributed by atoms with E-state index in [1.54, 1.807) is 6.07 Å². The molecule has 2 aliphatic rings. The fourth-order valence-electron chi connectivity index (χ4n) is 5.29. The second-order valence-corrected chi connectivity index (χ2v) is 11.9. The molecule has 0 saturated carbocycles. The molecule has 2 aliphatic heterocycles. The second kappa shape index (κ2) is 12.7. The monoisotopic (exact) mass is 549 g/mol. The van der Waals surface area contributed by atoms with Gasteiger partial charge in [0, 0.05) is 57.0 Å². The van der Waals surface area contributed by atoms with Crippen LogP contribution < -0.4 is 5.32 Å². The molecule has 1 atom stereocenters. The fraction of sp³-hybridized carbons (Fsp3) is 0.516. The van der Waals surface area contributed by atoms with Crippen LogP contribution in [0.5, 0.6) is 0 Å². The van der Waals surface area contributed by atoms with Crippen molar-refractivity contribution in [3.63, 3.8) is 0 Å². The summed E-state index contributed by atoms with van der Waals surface area (Å²) >= 11 is 0. The fourth-order valence-corrected chi connectivity index (χ4v) is 5.29. The summed E-state index contributed by atoms with van der Waals surface area (Å²) in [7, 11) is 0. The summed E-state index contributed by atoms with van der Waals surface area (Å²) in [5, 5.41) is 12.4. The van der Waals surface area contributed by atoms with Crippen LogP contribution in [0.15, 0.2) is 42.5 Å². The lowest BCUT2D eigenvalue weighted by atomic mass is 10.0. The zero-order valence-corrected chi connectivity index (χ0v) is 24.0. The third-order valence-corrected chi connectivity index (χ3v) is 7.43. The van der Waals surface area contributed by atoms with E-state index in [2.05, 4.69) is 29.3 Å². The molecule has 0 unspecified atom stereocenters. The molecule has 214 valence electrons. The molecule has 0 bridgehead atoms.